The van der Waals surface area contributed by atoms with Crippen molar-refractivity contribution < 1.29 is 9.53 Å². The number of halogens is 2. The Hall–Kier alpha value is 0.430. The first-order chi connectivity index (χ1) is 3.81. The number of hydrogen-bond acceptors (Lipinski definition) is 2. The summed E-state index contributed by atoms with van der Waals surface area (Å²) in [5.74, 6) is 0. The monoisotopic (exact) mass is 244 g/mol. The zero-order valence-corrected chi connectivity index (χ0v) is 7.31. The van der Waals surface area contributed by atoms with E-state index in [9.17, 15) is 4.79 Å². The molecular formula is C4H6Br2O2. The van der Waals surface area contributed by atoms with Gasteiger partial charge >= 0.3 is 0 Å². The summed E-state index contributed by atoms with van der Waals surface area (Å²) >= 11 is 6.45. The number of carbonyl (C=O) groups is 1. The molecule has 4 heteroatoms. The van der Waals surface area contributed by atoms with Crippen molar-refractivity contribution in [3.8, 4) is 0 Å². The van der Waals surface area contributed by atoms with Gasteiger partial charge in [-0.1, -0.05) is 31.9 Å². The molecule has 0 bridgehead atoms. The zero-order chi connectivity index (χ0) is 6.41. The summed E-state index contributed by atoms with van der Waals surface area (Å²) < 4.78 is 4.43. The minimum absolute atomic E-state index is 0.229. The minimum Gasteiger partial charge on any atom is -0.467 e. The molecule has 0 saturated heterocycles. The van der Waals surface area contributed by atoms with Crippen LogP contribution in [-0.2, 0) is 9.53 Å². The molecule has 8 heavy (non-hydrogen) atoms. The van der Waals surface area contributed by atoms with Crippen LogP contribution in [0.25, 0.3) is 0 Å². The van der Waals surface area contributed by atoms with Gasteiger partial charge in [-0.15, -0.1) is 0 Å². The molecule has 0 aromatic rings. The molecule has 0 aromatic heterocycles. The molecule has 0 aromatic carbocycles. The number of carbonyl (C=O) groups excluding carboxylic acids is 1. The summed E-state index contributed by atoms with van der Waals surface area (Å²) in [7, 11) is 0. The average molecular weight is 246 g/mol. The Balaban J connectivity index is 2.97. The third-order valence-corrected chi connectivity index (χ3v) is 2.75. The molecule has 0 fully saturated rings. The van der Waals surface area contributed by atoms with Gasteiger partial charge in [-0.25, -0.2) is 0 Å². The maximum atomic E-state index is 9.57. The smallest absolute Gasteiger partial charge is 0.293 e. The van der Waals surface area contributed by atoms with Gasteiger partial charge < -0.3 is 4.74 Å². The van der Waals surface area contributed by atoms with E-state index in [1.54, 1.807) is 0 Å². The van der Waals surface area contributed by atoms with Gasteiger partial charge in [0, 0.05) is 5.33 Å². The van der Waals surface area contributed by atoms with E-state index in [4.69, 9.17) is 0 Å². The number of rotatable bonds is 4. The van der Waals surface area contributed by atoms with E-state index in [1.807, 2.05) is 0 Å². The average Bonchev–Trinajstić information content (AvgIpc) is 1.83. The SMILES string of the molecule is O=COCC(Br)CBr. The molecule has 0 heterocycles. The van der Waals surface area contributed by atoms with Gasteiger partial charge in [0.05, 0.1) is 4.83 Å². The highest BCUT2D eigenvalue weighted by Crippen LogP contribution is 2.02. The summed E-state index contributed by atoms with van der Waals surface area (Å²) in [5, 5.41) is 0.792. The Bertz CT molecular complexity index is 67.1. The lowest BCUT2D eigenvalue weighted by atomic mass is 10.5. The second-order valence-electron chi connectivity index (χ2n) is 1.18. The quantitative estimate of drug-likeness (QED) is 0.552. The van der Waals surface area contributed by atoms with Gasteiger partial charge in [-0.05, 0) is 0 Å². The molecule has 0 aliphatic carbocycles. The van der Waals surface area contributed by atoms with E-state index >= 15 is 0 Å². The van der Waals surface area contributed by atoms with Crippen LogP contribution in [0, 0.1) is 0 Å². The fourth-order valence-electron chi connectivity index (χ4n) is 0.188. The fraction of sp³-hybridized carbons (Fsp3) is 0.750. The van der Waals surface area contributed by atoms with Crippen LogP contribution in [-0.4, -0.2) is 23.2 Å². The highest BCUT2D eigenvalue weighted by Gasteiger charge is 1.98. The van der Waals surface area contributed by atoms with Crippen molar-refractivity contribution in [3.05, 3.63) is 0 Å². The highest BCUT2D eigenvalue weighted by atomic mass is 79.9. The molecule has 0 aliphatic rings. The predicted molar refractivity (Wildman–Crippen MR) is 38.5 cm³/mol. The van der Waals surface area contributed by atoms with E-state index in [1.165, 1.54) is 0 Å². The predicted octanol–water partition coefficient (Wildman–Crippen LogP) is 1.32. The molecule has 1 unspecified atom stereocenters. The Morgan fingerprint density at radius 1 is 1.75 bits per heavy atom. The lowest BCUT2D eigenvalue weighted by Gasteiger charge is -2.00. The molecule has 0 aliphatic heterocycles. The van der Waals surface area contributed by atoms with E-state index < -0.39 is 0 Å². The van der Waals surface area contributed by atoms with Gasteiger partial charge in [0.1, 0.15) is 6.61 Å². The lowest BCUT2D eigenvalue weighted by Crippen LogP contribution is -2.08. The largest absolute Gasteiger partial charge is 0.467 e. The number of hydrogen-bond donors (Lipinski definition) is 0. The van der Waals surface area contributed by atoms with E-state index in [2.05, 4.69) is 36.6 Å². The van der Waals surface area contributed by atoms with Crippen molar-refractivity contribution in [2.45, 2.75) is 4.83 Å². The second-order valence-corrected chi connectivity index (χ2v) is 3.12. The van der Waals surface area contributed by atoms with Crippen LogP contribution in [0.1, 0.15) is 0 Å². The van der Waals surface area contributed by atoms with Crippen LogP contribution in [0.4, 0.5) is 0 Å². The van der Waals surface area contributed by atoms with Crippen LogP contribution in [0.2, 0.25) is 0 Å². The molecular weight excluding hydrogens is 240 g/mol. The maximum Gasteiger partial charge on any atom is 0.293 e. The first kappa shape index (κ1) is 8.43. The highest BCUT2D eigenvalue weighted by molar-refractivity contribution is 9.12. The molecule has 1 atom stereocenters. The molecule has 0 amide bonds. The van der Waals surface area contributed by atoms with E-state index in [0.717, 1.165) is 5.33 Å². The Labute approximate surface area is 64.8 Å². The summed E-state index contributed by atoms with van der Waals surface area (Å²) in [6.07, 6.45) is 0. The van der Waals surface area contributed by atoms with Crippen molar-refractivity contribution >= 4 is 38.3 Å². The molecule has 2 nitrogen and oxygen atoms in total. The van der Waals surface area contributed by atoms with Gasteiger partial charge in [0.25, 0.3) is 6.47 Å². The van der Waals surface area contributed by atoms with Crippen molar-refractivity contribution in [2.75, 3.05) is 11.9 Å². The minimum atomic E-state index is 0.229. The molecule has 0 spiro atoms. The fourth-order valence-corrected chi connectivity index (χ4v) is 0.528. The summed E-state index contributed by atoms with van der Waals surface area (Å²) in [5.41, 5.74) is 0. The lowest BCUT2D eigenvalue weighted by molar-refractivity contribution is -0.128. The summed E-state index contributed by atoms with van der Waals surface area (Å²) in [6.45, 7) is 0.867. The maximum absolute atomic E-state index is 9.57. The Morgan fingerprint density at radius 3 is 2.75 bits per heavy atom. The second kappa shape index (κ2) is 5.56. The molecule has 0 radical (unpaired) electrons. The molecule has 0 rings (SSSR count). The first-order valence-corrected chi connectivity index (χ1v) is 4.10. The molecule has 0 N–H and O–H groups in total. The van der Waals surface area contributed by atoms with Crippen LogP contribution in [0.5, 0.6) is 0 Å². The zero-order valence-electron chi connectivity index (χ0n) is 4.14. The third-order valence-electron chi connectivity index (χ3n) is 0.513. The van der Waals surface area contributed by atoms with Crippen LogP contribution in [0.15, 0.2) is 0 Å². The van der Waals surface area contributed by atoms with Gasteiger partial charge in [-0.3, -0.25) is 4.79 Å². The number of alkyl halides is 2. The Kier molecular flexibility index (Phi) is 5.86. The van der Waals surface area contributed by atoms with Crippen LogP contribution in [0.3, 0.4) is 0 Å². The van der Waals surface area contributed by atoms with Gasteiger partial charge in [-0.2, -0.15) is 0 Å². The van der Waals surface area contributed by atoms with Crippen molar-refractivity contribution in [3.63, 3.8) is 0 Å². The normalized spacial score (nSPS) is 12.8. The van der Waals surface area contributed by atoms with Crippen molar-refractivity contribution in [1.29, 1.82) is 0 Å². The van der Waals surface area contributed by atoms with Crippen molar-refractivity contribution in [2.24, 2.45) is 0 Å². The third kappa shape index (κ3) is 4.59. The molecule has 48 valence electrons. The topological polar surface area (TPSA) is 26.3 Å². The first-order valence-electron chi connectivity index (χ1n) is 2.06. The Morgan fingerprint density at radius 2 is 2.38 bits per heavy atom. The summed E-state index contributed by atoms with van der Waals surface area (Å²) in [4.78, 5) is 9.80. The standard InChI is InChI=1S/C4H6Br2O2/c5-1-4(6)2-8-3-7/h3-4H,1-2H2. The van der Waals surface area contributed by atoms with Crippen LogP contribution < -0.4 is 0 Å². The van der Waals surface area contributed by atoms with E-state index in [0.29, 0.717) is 13.1 Å². The molecule has 0 saturated carbocycles. The number of ether oxygens (including phenoxy) is 1. The van der Waals surface area contributed by atoms with Crippen molar-refractivity contribution in [1.82, 2.24) is 0 Å². The van der Waals surface area contributed by atoms with E-state index in [-0.39, 0.29) is 4.83 Å². The van der Waals surface area contributed by atoms with Gasteiger partial charge in [0.2, 0.25) is 0 Å². The van der Waals surface area contributed by atoms with Crippen LogP contribution >= 0.6 is 31.9 Å². The summed E-state index contributed by atoms with van der Waals surface area (Å²) in [6, 6.07) is 0. The van der Waals surface area contributed by atoms with Gasteiger partial charge in [0.15, 0.2) is 0 Å².